The fourth-order valence-corrected chi connectivity index (χ4v) is 2.47. The molecule has 0 aromatic heterocycles. The van der Waals surface area contributed by atoms with Crippen molar-refractivity contribution in [3.63, 3.8) is 0 Å². The summed E-state index contributed by atoms with van der Waals surface area (Å²) in [5.74, 6) is -0.0628. The first-order chi connectivity index (χ1) is 9.52. The zero-order valence-corrected chi connectivity index (χ0v) is 12.5. The van der Waals surface area contributed by atoms with Crippen LogP contribution in [0.2, 0.25) is 0 Å². The number of carbonyl (C=O) groups excluding carboxylic acids is 1. The summed E-state index contributed by atoms with van der Waals surface area (Å²) in [6, 6.07) is 4.75. The minimum Gasteiger partial charge on any atom is -0.336 e. The summed E-state index contributed by atoms with van der Waals surface area (Å²) in [4.78, 5) is 16.5. The molecule has 1 aliphatic heterocycles. The van der Waals surface area contributed by atoms with Crippen molar-refractivity contribution in [3.8, 4) is 0 Å². The van der Waals surface area contributed by atoms with Gasteiger partial charge in [-0.05, 0) is 43.1 Å². The summed E-state index contributed by atoms with van der Waals surface area (Å²) in [5.41, 5.74) is 1.25. The lowest BCUT2D eigenvalue weighted by Crippen LogP contribution is -2.47. The van der Waals surface area contributed by atoms with Gasteiger partial charge in [0.25, 0.3) is 5.91 Å². The zero-order chi connectivity index (χ0) is 14.7. The van der Waals surface area contributed by atoms with Gasteiger partial charge in [0, 0.05) is 31.7 Å². The first-order valence-electron chi connectivity index (χ1n) is 7.30. The molecule has 110 valence electrons. The normalized spacial score (nSPS) is 18.1. The molecular formula is C16H23FN2O. The molecule has 1 aliphatic rings. The molecule has 0 bridgehead atoms. The Morgan fingerprint density at radius 3 is 2.55 bits per heavy atom. The molecule has 1 amide bonds. The molecule has 3 nitrogen and oxygen atoms in total. The van der Waals surface area contributed by atoms with E-state index in [4.69, 9.17) is 0 Å². The summed E-state index contributed by atoms with van der Waals surface area (Å²) in [5, 5.41) is 0. The van der Waals surface area contributed by atoms with E-state index in [1.807, 2.05) is 18.7 Å². The second-order valence-corrected chi connectivity index (χ2v) is 5.64. The fraction of sp³-hybridized carbons (Fsp3) is 0.562. The van der Waals surface area contributed by atoms with Crippen LogP contribution in [-0.4, -0.2) is 48.9 Å². The summed E-state index contributed by atoms with van der Waals surface area (Å²) < 4.78 is 13.8. The standard InChI is InChI=1S/C16H23FN2O/c1-4-12(2)14-11-13(5-6-15(14)17)16(20)19-9-7-18(3)8-10-19/h5-6,11-12H,4,7-10H2,1-3H3. The molecule has 1 fully saturated rings. The Morgan fingerprint density at radius 2 is 1.95 bits per heavy atom. The summed E-state index contributed by atoms with van der Waals surface area (Å²) in [7, 11) is 2.06. The quantitative estimate of drug-likeness (QED) is 0.849. The fourth-order valence-electron chi connectivity index (χ4n) is 2.47. The van der Waals surface area contributed by atoms with E-state index < -0.39 is 0 Å². The van der Waals surface area contributed by atoms with Crippen LogP contribution >= 0.6 is 0 Å². The Hall–Kier alpha value is -1.42. The van der Waals surface area contributed by atoms with Crippen LogP contribution in [0.1, 0.15) is 42.1 Å². The molecule has 0 N–H and O–H groups in total. The van der Waals surface area contributed by atoms with Crippen molar-refractivity contribution in [2.45, 2.75) is 26.2 Å². The van der Waals surface area contributed by atoms with Crippen molar-refractivity contribution < 1.29 is 9.18 Å². The minimum atomic E-state index is -0.214. The Bertz CT molecular complexity index is 481. The van der Waals surface area contributed by atoms with Gasteiger partial charge in [-0.3, -0.25) is 4.79 Å². The van der Waals surface area contributed by atoms with E-state index in [1.165, 1.54) is 6.07 Å². The Balaban J connectivity index is 2.18. The maximum atomic E-state index is 13.8. The predicted molar refractivity (Wildman–Crippen MR) is 78.5 cm³/mol. The van der Waals surface area contributed by atoms with Crippen molar-refractivity contribution in [1.29, 1.82) is 0 Å². The Morgan fingerprint density at radius 1 is 1.30 bits per heavy atom. The van der Waals surface area contributed by atoms with E-state index in [0.29, 0.717) is 11.1 Å². The third-order valence-corrected chi connectivity index (χ3v) is 4.18. The van der Waals surface area contributed by atoms with Crippen LogP contribution in [0.25, 0.3) is 0 Å². The van der Waals surface area contributed by atoms with Gasteiger partial charge in [0.1, 0.15) is 5.82 Å². The molecule has 4 heteroatoms. The van der Waals surface area contributed by atoms with Gasteiger partial charge in [-0.2, -0.15) is 0 Å². The average Bonchev–Trinajstić information content (AvgIpc) is 2.47. The molecule has 1 unspecified atom stereocenters. The van der Waals surface area contributed by atoms with E-state index in [1.54, 1.807) is 12.1 Å². The van der Waals surface area contributed by atoms with Gasteiger partial charge in [0.05, 0.1) is 0 Å². The number of likely N-dealkylation sites (N-methyl/N-ethyl adjacent to an activating group) is 1. The number of halogens is 1. The largest absolute Gasteiger partial charge is 0.336 e. The van der Waals surface area contributed by atoms with Crippen LogP contribution in [0.4, 0.5) is 4.39 Å². The molecule has 1 heterocycles. The van der Waals surface area contributed by atoms with E-state index in [0.717, 1.165) is 32.6 Å². The van der Waals surface area contributed by atoms with E-state index in [-0.39, 0.29) is 17.6 Å². The number of hydrogen-bond acceptors (Lipinski definition) is 2. The molecule has 0 spiro atoms. The van der Waals surface area contributed by atoms with Crippen LogP contribution in [0.15, 0.2) is 18.2 Å². The van der Waals surface area contributed by atoms with E-state index in [2.05, 4.69) is 11.9 Å². The van der Waals surface area contributed by atoms with E-state index >= 15 is 0 Å². The van der Waals surface area contributed by atoms with Gasteiger partial charge in [0.15, 0.2) is 0 Å². The number of piperazine rings is 1. The topological polar surface area (TPSA) is 23.6 Å². The van der Waals surface area contributed by atoms with Gasteiger partial charge in [-0.1, -0.05) is 13.8 Å². The Kier molecular flexibility index (Phi) is 4.76. The lowest BCUT2D eigenvalue weighted by molar-refractivity contribution is 0.0664. The molecule has 0 saturated carbocycles. The second kappa shape index (κ2) is 6.35. The third kappa shape index (κ3) is 3.18. The van der Waals surface area contributed by atoms with Gasteiger partial charge in [0.2, 0.25) is 0 Å². The summed E-state index contributed by atoms with van der Waals surface area (Å²) in [6.07, 6.45) is 0.864. The number of hydrogen-bond donors (Lipinski definition) is 0. The molecule has 0 aliphatic carbocycles. The first-order valence-corrected chi connectivity index (χ1v) is 7.30. The van der Waals surface area contributed by atoms with Crippen LogP contribution in [0.3, 0.4) is 0 Å². The van der Waals surface area contributed by atoms with Crippen molar-refractivity contribution in [1.82, 2.24) is 9.80 Å². The highest BCUT2D eigenvalue weighted by molar-refractivity contribution is 5.94. The van der Waals surface area contributed by atoms with Crippen LogP contribution < -0.4 is 0 Å². The monoisotopic (exact) mass is 278 g/mol. The third-order valence-electron chi connectivity index (χ3n) is 4.18. The van der Waals surface area contributed by atoms with Crippen LogP contribution in [-0.2, 0) is 0 Å². The number of nitrogens with zero attached hydrogens (tertiary/aromatic N) is 2. The molecule has 1 saturated heterocycles. The highest BCUT2D eigenvalue weighted by Gasteiger charge is 2.21. The molecule has 2 rings (SSSR count). The SMILES string of the molecule is CCC(C)c1cc(C(=O)N2CCN(C)CC2)ccc1F. The first kappa shape index (κ1) is 15.0. The molecular weight excluding hydrogens is 255 g/mol. The predicted octanol–water partition coefficient (Wildman–Crippen LogP) is 2.73. The van der Waals surface area contributed by atoms with Gasteiger partial charge < -0.3 is 9.80 Å². The number of rotatable bonds is 3. The highest BCUT2D eigenvalue weighted by atomic mass is 19.1. The van der Waals surface area contributed by atoms with Crippen molar-refractivity contribution >= 4 is 5.91 Å². The van der Waals surface area contributed by atoms with Gasteiger partial charge >= 0.3 is 0 Å². The maximum Gasteiger partial charge on any atom is 0.253 e. The van der Waals surface area contributed by atoms with Gasteiger partial charge in [-0.15, -0.1) is 0 Å². The summed E-state index contributed by atoms with van der Waals surface area (Å²) >= 11 is 0. The minimum absolute atomic E-state index is 0.0163. The molecule has 0 radical (unpaired) electrons. The summed E-state index contributed by atoms with van der Waals surface area (Å²) in [6.45, 7) is 7.29. The molecule has 1 aromatic rings. The van der Waals surface area contributed by atoms with Gasteiger partial charge in [-0.25, -0.2) is 4.39 Å². The van der Waals surface area contributed by atoms with Crippen LogP contribution in [0, 0.1) is 5.82 Å². The number of benzene rings is 1. The van der Waals surface area contributed by atoms with Crippen molar-refractivity contribution in [2.24, 2.45) is 0 Å². The number of carbonyl (C=O) groups is 1. The van der Waals surface area contributed by atoms with Crippen LogP contribution in [0.5, 0.6) is 0 Å². The van der Waals surface area contributed by atoms with Crippen molar-refractivity contribution in [2.75, 3.05) is 33.2 Å². The number of amides is 1. The smallest absolute Gasteiger partial charge is 0.253 e. The van der Waals surface area contributed by atoms with E-state index in [9.17, 15) is 9.18 Å². The zero-order valence-electron chi connectivity index (χ0n) is 12.5. The highest BCUT2D eigenvalue weighted by Crippen LogP contribution is 2.23. The molecule has 1 aromatic carbocycles. The lowest BCUT2D eigenvalue weighted by atomic mass is 9.96. The maximum absolute atomic E-state index is 13.8. The lowest BCUT2D eigenvalue weighted by Gasteiger charge is -2.32. The molecule has 1 atom stereocenters. The average molecular weight is 278 g/mol. The van der Waals surface area contributed by atoms with Crippen molar-refractivity contribution in [3.05, 3.63) is 35.1 Å². The second-order valence-electron chi connectivity index (χ2n) is 5.64. The molecule has 20 heavy (non-hydrogen) atoms. The Labute approximate surface area is 120 Å².